The molecule has 0 aromatic carbocycles. The number of amides is 2. The number of carbonyl (C=O) groups excluding carboxylic acids is 3. The van der Waals surface area contributed by atoms with E-state index in [9.17, 15) is 14.4 Å². The van der Waals surface area contributed by atoms with Crippen molar-refractivity contribution >= 4 is 17.8 Å². The molecule has 2 amide bonds. The fraction of sp³-hybridized carbons (Fsp3) is 0.600. The van der Waals surface area contributed by atoms with Crippen LogP contribution in [-0.4, -0.2) is 78.6 Å². The quantitative estimate of drug-likeness (QED) is 0.721. The summed E-state index contributed by atoms with van der Waals surface area (Å²) in [4.78, 5) is 45.4. The normalized spacial score (nSPS) is 20.0. The Morgan fingerprint density at radius 1 is 1.18 bits per heavy atom. The molecule has 152 valence electrons. The highest BCUT2D eigenvalue weighted by Crippen LogP contribution is 2.21. The molecular formula is C20H27N3O5. The molecule has 3 heterocycles. The van der Waals surface area contributed by atoms with Gasteiger partial charge in [0.15, 0.2) is 0 Å². The summed E-state index contributed by atoms with van der Waals surface area (Å²) >= 11 is 0. The van der Waals surface area contributed by atoms with Crippen molar-refractivity contribution in [2.45, 2.75) is 26.7 Å². The molecular weight excluding hydrogens is 362 g/mol. The van der Waals surface area contributed by atoms with Gasteiger partial charge in [0.25, 0.3) is 5.91 Å². The second-order valence-electron chi connectivity index (χ2n) is 7.08. The van der Waals surface area contributed by atoms with Crippen LogP contribution in [0.2, 0.25) is 0 Å². The number of morpholine rings is 1. The van der Waals surface area contributed by atoms with Gasteiger partial charge in [0, 0.05) is 26.2 Å². The fourth-order valence-electron chi connectivity index (χ4n) is 3.67. The number of aryl methyl sites for hydroxylation is 1. The summed E-state index contributed by atoms with van der Waals surface area (Å²) in [6, 6.07) is 3.13. The maximum atomic E-state index is 12.9. The van der Waals surface area contributed by atoms with E-state index < -0.39 is 5.97 Å². The largest absolute Gasteiger partial charge is 0.462 e. The summed E-state index contributed by atoms with van der Waals surface area (Å²) in [5.74, 6) is -0.739. The van der Waals surface area contributed by atoms with Gasteiger partial charge in [0.05, 0.1) is 37.0 Å². The summed E-state index contributed by atoms with van der Waals surface area (Å²) in [7, 11) is 0. The molecule has 0 aliphatic carbocycles. The summed E-state index contributed by atoms with van der Waals surface area (Å²) in [6.07, 6.45) is 1.57. The Labute approximate surface area is 164 Å². The minimum Gasteiger partial charge on any atom is -0.462 e. The highest BCUT2D eigenvalue weighted by molar-refractivity contribution is 5.95. The van der Waals surface area contributed by atoms with E-state index in [-0.39, 0.29) is 30.0 Å². The lowest BCUT2D eigenvalue weighted by Gasteiger charge is -2.36. The zero-order valence-corrected chi connectivity index (χ0v) is 16.5. The van der Waals surface area contributed by atoms with E-state index in [1.807, 2.05) is 4.90 Å². The summed E-state index contributed by atoms with van der Waals surface area (Å²) < 4.78 is 10.3. The van der Waals surface area contributed by atoms with Gasteiger partial charge >= 0.3 is 5.97 Å². The van der Waals surface area contributed by atoms with E-state index in [4.69, 9.17) is 9.47 Å². The van der Waals surface area contributed by atoms with Crippen molar-refractivity contribution in [3.8, 4) is 0 Å². The van der Waals surface area contributed by atoms with Crippen molar-refractivity contribution in [2.24, 2.45) is 5.92 Å². The molecule has 2 aliphatic rings. The van der Waals surface area contributed by atoms with E-state index in [1.54, 1.807) is 30.9 Å². The molecule has 8 heteroatoms. The van der Waals surface area contributed by atoms with E-state index >= 15 is 0 Å². The molecule has 2 aliphatic heterocycles. The Kier molecular flexibility index (Phi) is 6.61. The highest BCUT2D eigenvalue weighted by Gasteiger charge is 2.32. The van der Waals surface area contributed by atoms with Crippen molar-refractivity contribution in [3.63, 3.8) is 0 Å². The average molecular weight is 389 g/mol. The highest BCUT2D eigenvalue weighted by atomic mass is 16.5. The van der Waals surface area contributed by atoms with E-state index in [0.29, 0.717) is 50.7 Å². The lowest BCUT2D eigenvalue weighted by atomic mass is 9.96. The van der Waals surface area contributed by atoms with Crippen LogP contribution in [0.25, 0.3) is 0 Å². The number of rotatable bonds is 4. The van der Waals surface area contributed by atoms with Crippen LogP contribution in [0.1, 0.15) is 46.3 Å². The number of piperidine rings is 1. The number of ether oxygens (including phenoxy) is 2. The number of hydrogen-bond acceptors (Lipinski definition) is 6. The van der Waals surface area contributed by atoms with Crippen LogP contribution < -0.4 is 0 Å². The van der Waals surface area contributed by atoms with Crippen LogP contribution >= 0.6 is 0 Å². The molecule has 0 saturated carbocycles. The number of likely N-dealkylation sites (tertiary alicyclic amines) is 1. The zero-order valence-electron chi connectivity index (χ0n) is 16.5. The molecule has 1 unspecified atom stereocenters. The number of pyridine rings is 1. The Balaban J connectivity index is 1.67. The maximum absolute atomic E-state index is 12.9. The smallest absolute Gasteiger partial charge is 0.339 e. The van der Waals surface area contributed by atoms with Gasteiger partial charge in [-0.2, -0.15) is 0 Å². The summed E-state index contributed by atoms with van der Waals surface area (Å²) in [5, 5.41) is 0. The van der Waals surface area contributed by atoms with Crippen molar-refractivity contribution < 1.29 is 23.9 Å². The van der Waals surface area contributed by atoms with Gasteiger partial charge in [-0.05, 0) is 38.8 Å². The summed E-state index contributed by atoms with van der Waals surface area (Å²) in [6.45, 7) is 7.06. The van der Waals surface area contributed by atoms with Crippen LogP contribution in [0.15, 0.2) is 12.1 Å². The first-order valence-corrected chi connectivity index (χ1v) is 9.81. The lowest BCUT2D eigenvalue weighted by molar-refractivity contribution is -0.141. The third kappa shape index (κ3) is 4.49. The molecule has 2 saturated heterocycles. The van der Waals surface area contributed by atoms with Gasteiger partial charge in [0.2, 0.25) is 5.91 Å². The number of nitrogens with zero attached hydrogens (tertiary/aromatic N) is 3. The second kappa shape index (κ2) is 9.14. The van der Waals surface area contributed by atoms with Gasteiger partial charge < -0.3 is 19.3 Å². The Morgan fingerprint density at radius 3 is 2.61 bits per heavy atom. The molecule has 1 atom stereocenters. The molecule has 3 rings (SSSR count). The standard InChI is InChI=1S/C20H27N3O5/c1-3-28-20(26)16-6-7-17(21-14(16)2)19(25)23-8-4-5-15(13-23)18(24)22-9-11-27-12-10-22/h6-7,15H,3-5,8-13H2,1-2H3. The van der Waals surface area contributed by atoms with Gasteiger partial charge in [0.1, 0.15) is 5.69 Å². The van der Waals surface area contributed by atoms with Crippen LogP contribution in [-0.2, 0) is 14.3 Å². The zero-order chi connectivity index (χ0) is 20.1. The van der Waals surface area contributed by atoms with E-state index in [2.05, 4.69) is 4.98 Å². The molecule has 0 bridgehead atoms. The monoisotopic (exact) mass is 389 g/mol. The Morgan fingerprint density at radius 2 is 1.93 bits per heavy atom. The third-order valence-corrected chi connectivity index (χ3v) is 5.18. The van der Waals surface area contributed by atoms with Crippen LogP contribution in [0, 0.1) is 12.8 Å². The van der Waals surface area contributed by atoms with Gasteiger partial charge in [-0.1, -0.05) is 0 Å². The second-order valence-corrected chi connectivity index (χ2v) is 7.08. The van der Waals surface area contributed by atoms with Gasteiger partial charge in [-0.25, -0.2) is 9.78 Å². The molecule has 0 spiro atoms. The maximum Gasteiger partial charge on any atom is 0.339 e. The molecule has 28 heavy (non-hydrogen) atoms. The van der Waals surface area contributed by atoms with Gasteiger partial charge in [-0.15, -0.1) is 0 Å². The summed E-state index contributed by atoms with van der Waals surface area (Å²) in [5.41, 5.74) is 1.10. The molecule has 0 N–H and O–H groups in total. The van der Waals surface area contributed by atoms with Crippen molar-refractivity contribution in [1.82, 2.24) is 14.8 Å². The number of carbonyl (C=O) groups is 3. The van der Waals surface area contributed by atoms with E-state index in [0.717, 1.165) is 12.8 Å². The third-order valence-electron chi connectivity index (χ3n) is 5.18. The molecule has 1 aromatic rings. The topological polar surface area (TPSA) is 89.0 Å². The number of esters is 1. The minimum atomic E-state index is -0.444. The number of hydrogen-bond donors (Lipinski definition) is 0. The lowest BCUT2D eigenvalue weighted by Crippen LogP contribution is -2.49. The molecule has 8 nitrogen and oxygen atoms in total. The van der Waals surface area contributed by atoms with Gasteiger partial charge in [-0.3, -0.25) is 9.59 Å². The van der Waals surface area contributed by atoms with Crippen molar-refractivity contribution in [1.29, 1.82) is 0 Å². The fourth-order valence-corrected chi connectivity index (χ4v) is 3.67. The van der Waals surface area contributed by atoms with Crippen LogP contribution in [0.3, 0.4) is 0 Å². The van der Waals surface area contributed by atoms with Crippen LogP contribution in [0.4, 0.5) is 0 Å². The number of aromatic nitrogens is 1. The Bertz CT molecular complexity index is 745. The van der Waals surface area contributed by atoms with Crippen LogP contribution in [0.5, 0.6) is 0 Å². The first-order valence-electron chi connectivity index (χ1n) is 9.81. The first-order chi connectivity index (χ1) is 13.5. The van der Waals surface area contributed by atoms with E-state index in [1.165, 1.54) is 0 Å². The molecule has 2 fully saturated rings. The molecule has 0 radical (unpaired) electrons. The predicted octanol–water partition coefficient (Wildman–Crippen LogP) is 1.28. The minimum absolute atomic E-state index is 0.0996. The van der Waals surface area contributed by atoms with Crippen molar-refractivity contribution in [2.75, 3.05) is 46.0 Å². The molecule has 1 aromatic heterocycles. The average Bonchev–Trinajstić information content (AvgIpc) is 2.73. The first kappa shape index (κ1) is 20.3. The predicted molar refractivity (Wildman–Crippen MR) is 101 cm³/mol. The van der Waals surface area contributed by atoms with Crippen molar-refractivity contribution in [3.05, 3.63) is 29.1 Å². The Hall–Kier alpha value is -2.48. The SMILES string of the molecule is CCOC(=O)c1ccc(C(=O)N2CCCC(C(=O)N3CCOCC3)C2)nc1C.